The van der Waals surface area contributed by atoms with E-state index in [0.29, 0.717) is 13.1 Å². The summed E-state index contributed by atoms with van der Waals surface area (Å²) in [5.41, 5.74) is 1.43. The number of carbonyl (C=O) groups excluding carboxylic acids is 1. The number of nitrogens with zero attached hydrogens (tertiary/aromatic N) is 1. The molecule has 0 atom stereocenters. The fourth-order valence-corrected chi connectivity index (χ4v) is 2.34. The molecule has 2 N–H and O–H groups in total. The van der Waals surface area contributed by atoms with E-state index < -0.39 is 11.5 Å². The minimum Gasteiger partial charge on any atom is -0.478 e. The molecule has 0 bridgehead atoms. The third kappa shape index (κ3) is 3.70. The summed E-state index contributed by atoms with van der Waals surface area (Å²) in [4.78, 5) is 24.5. The predicted molar refractivity (Wildman–Crippen MR) is 80.6 cm³/mol. The summed E-state index contributed by atoms with van der Waals surface area (Å²) >= 11 is 0. The number of amides is 1. The van der Waals surface area contributed by atoms with Crippen LogP contribution in [0.3, 0.4) is 0 Å². The van der Waals surface area contributed by atoms with E-state index in [4.69, 9.17) is 5.11 Å². The first kappa shape index (κ1) is 15.3. The molecule has 1 fully saturated rings. The van der Waals surface area contributed by atoms with Crippen molar-refractivity contribution in [1.82, 2.24) is 10.2 Å². The molecule has 0 aromatic heterocycles. The van der Waals surface area contributed by atoms with Gasteiger partial charge in [-0.05, 0) is 31.1 Å². The smallest absolute Gasteiger partial charge is 0.328 e. The first-order chi connectivity index (χ1) is 9.89. The second-order valence-corrected chi connectivity index (χ2v) is 5.65. The van der Waals surface area contributed by atoms with Crippen molar-refractivity contribution in [3.05, 3.63) is 41.5 Å². The number of benzene rings is 1. The lowest BCUT2D eigenvalue weighted by molar-refractivity contribution is -0.135. The van der Waals surface area contributed by atoms with Crippen LogP contribution in [0.15, 0.2) is 30.3 Å². The summed E-state index contributed by atoms with van der Waals surface area (Å²) < 4.78 is 0. The topological polar surface area (TPSA) is 69.6 Å². The van der Waals surface area contributed by atoms with Gasteiger partial charge in [0.2, 0.25) is 5.91 Å². The van der Waals surface area contributed by atoms with Crippen molar-refractivity contribution in [2.24, 2.45) is 0 Å². The zero-order valence-electron chi connectivity index (χ0n) is 12.3. The maximum Gasteiger partial charge on any atom is 0.328 e. The third-order valence-corrected chi connectivity index (χ3v) is 3.79. The maximum absolute atomic E-state index is 11.9. The highest BCUT2D eigenvalue weighted by atomic mass is 16.4. The quantitative estimate of drug-likeness (QED) is 0.824. The van der Waals surface area contributed by atoms with E-state index >= 15 is 0 Å². The van der Waals surface area contributed by atoms with Gasteiger partial charge in [0.05, 0.1) is 5.54 Å². The number of carboxylic acid groups (broad SMARTS) is 1. The molecule has 0 saturated carbocycles. The van der Waals surface area contributed by atoms with E-state index in [2.05, 4.69) is 10.2 Å². The van der Waals surface area contributed by atoms with Crippen LogP contribution in [-0.4, -0.2) is 40.5 Å². The molecule has 0 unspecified atom stereocenters. The highest BCUT2D eigenvalue weighted by molar-refractivity contribution is 5.86. The van der Waals surface area contributed by atoms with Crippen molar-refractivity contribution in [1.29, 1.82) is 0 Å². The molecule has 1 aliphatic heterocycles. The molecule has 0 spiro atoms. The molecule has 2 rings (SSSR count). The van der Waals surface area contributed by atoms with E-state index in [1.54, 1.807) is 6.08 Å². The Morgan fingerprint density at radius 1 is 1.38 bits per heavy atom. The summed E-state index contributed by atoms with van der Waals surface area (Å²) in [5.74, 6) is -0.907. The standard InChI is InChI=1S/C16H20N2O3/c1-16(2)15(21)17-9-10-18(16)11-13-5-3-12(4-6-13)7-8-14(19)20/h3-8H,9-11H2,1-2H3,(H,17,21)(H,19,20). The molecule has 112 valence electrons. The second-order valence-electron chi connectivity index (χ2n) is 5.65. The highest BCUT2D eigenvalue weighted by Crippen LogP contribution is 2.20. The lowest BCUT2D eigenvalue weighted by Crippen LogP contribution is -2.61. The molecule has 0 aliphatic carbocycles. The molecule has 1 amide bonds. The summed E-state index contributed by atoms with van der Waals surface area (Å²) in [6.45, 7) is 6.03. The normalized spacial score (nSPS) is 18.7. The Bertz CT molecular complexity index is 561. The Labute approximate surface area is 124 Å². The molecule has 1 aromatic carbocycles. The largest absolute Gasteiger partial charge is 0.478 e. The molecule has 5 heteroatoms. The van der Waals surface area contributed by atoms with Crippen molar-refractivity contribution >= 4 is 18.0 Å². The van der Waals surface area contributed by atoms with E-state index in [9.17, 15) is 9.59 Å². The van der Waals surface area contributed by atoms with Crippen LogP contribution < -0.4 is 5.32 Å². The number of rotatable bonds is 4. The molecule has 0 radical (unpaired) electrons. The van der Waals surface area contributed by atoms with Crippen molar-refractivity contribution in [2.45, 2.75) is 25.9 Å². The number of aliphatic carboxylic acids is 1. The Kier molecular flexibility index (Phi) is 4.43. The van der Waals surface area contributed by atoms with Gasteiger partial charge < -0.3 is 10.4 Å². The van der Waals surface area contributed by atoms with Crippen molar-refractivity contribution in [3.8, 4) is 0 Å². The highest BCUT2D eigenvalue weighted by Gasteiger charge is 2.37. The lowest BCUT2D eigenvalue weighted by Gasteiger charge is -2.41. The van der Waals surface area contributed by atoms with Crippen LogP contribution in [0.2, 0.25) is 0 Å². The Hall–Kier alpha value is -2.14. The van der Waals surface area contributed by atoms with E-state index in [0.717, 1.165) is 23.7 Å². The number of piperazine rings is 1. The molecule has 1 heterocycles. The van der Waals surface area contributed by atoms with Crippen LogP contribution in [0.5, 0.6) is 0 Å². The van der Waals surface area contributed by atoms with E-state index in [1.165, 1.54) is 0 Å². The average molecular weight is 288 g/mol. The Balaban J connectivity index is 2.06. The van der Waals surface area contributed by atoms with E-state index in [1.807, 2.05) is 38.1 Å². The maximum atomic E-state index is 11.9. The fraction of sp³-hybridized carbons (Fsp3) is 0.375. The van der Waals surface area contributed by atoms with Gasteiger partial charge in [0.1, 0.15) is 0 Å². The molecule has 1 aliphatic rings. The summed E-state index contributed by atoms with van der Waals surface area (Å²) in [6.07, 6.45) is 2.68. The number of hydrogen-bond donors (Lipinski definition) is 2. The van der Waals surface area contributed by atoms with Gasteiger partial charge >= 0.3 is 5.97 Å². The molecule has 1 saturated heterocycles. The minimum absolute atomic E-state index is 0.0507. The second kappa shape index (κ2) is 6.10. The third-order valence-electron chi connectivity index (χ3n) is 3.79. The number of carbonyl (C=O) groups is 2. The molecule has 1 aromatic rings. The first-order valence-electron chi connectivity index (χ1n) is 6.93. The minimum atomic E-state index is -0.958. The van der Waals surface area contributed by atoms with Crippen LogP contribution in [-0.2, 0) is 16.1 Å². The molecular formula is C16H20N2O3. The summed E-state index contributed by atoms with van der Waals surface area (Å²) in [6, 6.07) is 7.69. The lowest BCUT2D eigenvalue weighted by atomic mass is 9.98. The number of nitrogens with one attached hydrogen (secondary N) is 1. The zero-order chi connectivity index (χ0) is 15.5. The molecule has 5 nitrogen and oxygen atoms in total. The van der Waals surface area contributed by atoms with Gasteiger partial charge in [-0.15, -0.1) is 0 Å². The molecular weight excluding hydrogens is 268 g/mol. The Morgan fingerprint density at radius 3 is 2.67 bits per heavy atom. The van der Waals surface area contributed by atoms with Crippen LogP contribution in [0.4, 0.5) is 0 Å². The van der Waals surface area contributed by atoms with E-state index in [-0.39, 0.29) is 5.91 Å². The van der Waals surface area contributed by atoms with Crippen molar-refractivity contribution < 1.29 is 14.7 Å². The van der Waals surface area contributed by atoms with Crippen LogP contribution in [0, 0.1) is 0 Å². The average Bonchev–Trinajstić information content (AvgIpc) is 2.43. The van der Waals surface area contributed by atoms with Gasteiger partial charge in [0, 0.05) is 25.7 Å². The monoisotopic (exact) mass is 288 g/mol. The van der Waals surface area contributed by atoms with Crippen molar-refractivity contribution in [2.75, 3.05) is 13.1 Å². The SMILES string of the molecule is CC1(C)C(=O)NCCN1Cc1ccc(C=CC(=O)O)cc1. The fourth-order valence-electron chi connectivity index (χ4n) is 2.34. The van der Waals surface area contributed by atoms with Crippen molar-refractivity contribution in [3.63, 3.8) is 0 Å². The first-order valence-corrected chi connectivity index (χ1v) is 6.93. The summed E-state index contributed by atoms with van der Waals surface area (Å²) in [5, 5.41) is 11.5. The summed E-state index contributed by atoms with van der Waals surface area (Å²) in [7, 11) is 0. The van der Waals surface area contributed by atoms with Gasteiger partial charge in [-0.3, -0.25) is 9.69 Å². The van der Waals surface area contributed by atoms with Gasteiger partial charge in [0.25, 0.3) is 0 Å². The van der Waals surface area contributed by atoms with Gasteiger partial charge in [0.15, 0.2) is 0 Å². The molecule has 21 heavy (non-hydrogen) atoms. The van der Waals surface area contributed by atoms with Crippen LogP contribution in [0.1, 0.15) is 25.0 Å². The Morgan fingerprint density at radius 2 is 2.05 bits per heavy atom. The van der Waals surface area contributed by atoms with Crippen LogP contribution >= 0.6 is 0 Å². The number of hydrogen-bond acceptors (Lipinski definition) is 3. The number of carboxylic acids is 1. The van der Waals surface area contributed by atoms with Gasteiger partial charge in [-0.25, -0.2) is 4.79 Å². The van der Waals surface area contributed by atoms with Crippen LogP contribution in [0.25, 0.3) is 6.08 Å². The zero-order valence-corrected chi connectivity index (χ0v) is 12.3. The predicted octanol–water partition coefficient (Wildman–Crippen LogP) is 1.49. The van der Waals surface area contributed by atoms with Gasteiger partial charge in [-0.2, -0.15) is 0 Å². The van der Waals surface area contributed by atoms with Gasteiger partial charge in [-0.1, -0.05) is 24.3 Å².